The molecule has 0 aromatic carbocycles. The third-order valence-electron chi connectivity index (χ3n) is 3.43. The number of anilines is 1. The van der Waals surface area contributed by atoms with E-state index >= 15 is 0 Å². The lowest BCUT2D eigenvalue weighted by molar-refractivity contribution is 0.421. The van der Waals surface area contributed by atoms with Crippen molar-refractivity contribution in [1.82, 2.24) is 10.3 Å². The van der Waals surface area contributed by atoms with Crippen molar-refractivity contribution in [2.75, 3.05) is 11.9 Å². The summed E-state index contributed by atoms with van der Waals surface area (Å²) in [4.78, 5) is 4.61. The molecule has 0 amide bonds. The largest absolute Gasteiger partial charge is 0.370 e. The van der Waals surface area contributed by atoms with Gasteiger partial charge in [0.2, 0.25) is 0 Å². The minimum atomic E-state index is 0.0595. The van der Waals surface area contributed by atoms with Crippen LogP contribution in [0.5, 0.6) is 0 Å². The average Bonchev–Trinajstić information content (AvgIpc) is 2.39. The Kier molecular flexibility index (Phi) is 6.77. The fourth-order valence-electron chi connectivity index (χ4n) is 1.88. The van der Waals surface area contributed by atoms with Gasteiger partial charge < -0.3 is 10.6 Å². The lowest BCUT2D eigenvalue weighted by Gasteiger charge is -2.21. The number of rotatable bonds is 7. The maximum Gasteiger partial charge on any atom is 0.126 e. The van der Waals surface area contributed by atoms with Gasteiger partial charge in [-0.15, -0.1) is 0 Å². The Morgan fingerprint density at radius 2 is 1.85 bits per heavy atom. The van der Waals surface area contributed by atoms with Crippen LogP contribution in [0.4, 0.5) is 5.82 Å². The first-order chi connectivity index (χ1) is 9.35. The molecule has 0 saturated carbocycles. The van der Waals surface area contributed by atoms with Gasteiger partial charge in [-0.1, -0.05) is 38.3 Å². The van der Waals surface area contributed by atoms with Crippen LogP contribution >= 0.6 is 11.6 Å². The molecule has 1 aromatic rings. The van der Waals surface area contributed by atoms with Crippen LogP contribution in [0.3, 0.4) is 0 Å². The second-order valence-electron chi connectivity index (χ2n) is 6.29. The highest BCUT2D eigenvalue weighted by molar-refractivity contribution is 6.31. The summed E-state index contributed by atoms with van der Waals surface area (Å²) in [6.07, 6.45) is 2.38. The predicted molar refractivity (Wildman–Crippen MR) is 88.4 cm³/mol. The molecule has 2 N–H and O–H groups in total. The zero-order valence-corrected chi connectivity index (χ0v) is 14.1. The van der Waals surface area contributed by atoms with Crippen molar-refractivity contribution in [3.8, 4) is 0 Å². The minimum absolute atomic E-state index is 0.0595. The maximum atomic E-state index is 6.21. The molecule has 114 valence electrons. The Morgan fingerprint density at radius 1 is 1.20 bits per heavy atom. The molecule has 0 aliphatic carbocycles. The molecule has 0 saturated heterocycles. The van der Waals surface area contributed by atoms with E-state index in [1.807, 2.05) is 12.1 Å². The van der Waals surface area contributed by atoms with E-state index in [0.717, 1.165) is 23.1 Å². The molecule has 3 nitrogen and oxygen atoms in total. The van der Waals surface area contributed by atoms with Crippen LogP contribution in [-0.2, 0) is 6.54 Å². The molecule has 4 heteroatoms. The molecule has 20 heavy (non-hydrogen) atoms. The molecule has 0 spiro atoms. The molecule has 0 atom stereocenters. The van der Waals surface area contributed by atoms with Gasteiger partial charge in [-0.2, -0.15) is 0 Å². The summed E-state index contributed by atoms with van der Waals surface area (Å²) >= 11 is 6.21. The normalized spacial score (nSPS) is 11.9. The van der Waals surface area contributed by atoms with Gasteiger partial charge in [-0.05, 0) is 38.8 Å². The van der Waals surface area contributed by atoms with Crippen molar-refractivity contribution < 1.29 is 0 Å². The first-order valence-corrected chi connectivity index (χ1v) is 7.87. The van der Waals surface area contributed by atoms with Gasteiger partial charge >= 0.3 is 0 Å². The van der Waals surface area contributed by atoms with Crippen LogP contribution < -0.4 is 10.6 Å². The Hall–Kier alpha value is -0.800. The maximum absolute atomic E-state index is 6.21. The molecular formula is C16H28ClN3. The zero-order valence-electron chi connectivity index (χ0n) is 13.4. The Labute approximate surface area is 128 Å². The zero-order chi connectivity index (χ0) is 15.2. The Bertz CT molecular complexity index is 409. The average molecular weight is 298 g/mol. The van der Waals surface area contributed by atoms with E-state index in [9.17, 15) is 0 Å². The van der Waals surface area contributed by atoms with Crippen molar-refractivity contribution in [2.45, 2.75) is 59.5 Å². The number of nitrogens with one attached hydrogen (secondary N) is 2. The van der Waals surface area contributed by atoms with Crippen LogP contribution in [-0.4, -0.2) is 17.1 Å². The standard InChI is InChI=1S/C16H28ClN3/c1-6-12(7-2)10-18-15-9-8-13(17)14(20-15)11-19-16(3,4)5/h8-9,12,19H,6-7,10-11H2,1-5H3,(H,18,20). The van der Waals surface area contributed by atoms with Gasteiger partial charge in [0.05, 0.1) is 10.7 Å². The molecular weight excluding hydrogens is 270 g/mol. The number of hydrogen-bond acceptors (Lipinski definition) is 3. The third-order valence-corrected chi connectivity index (χ3v) is 3.78. The summed E-state index contributed by atoms with van der Waals surface area (Å²) < 4.78 is 0. The van der Waals surface area contributed by atoms with E-state index in [0.29, 0.717) is 12.5 Å². The van der Waals surface area contributed by atoms with Crippen molar-refractivity contribution >= 4 is 17.4 Å². The van der Waals surface area contributed by atoms with Crippen LogP contribution in [0.25, 0.3) is 0 Å². The molecule has 0 bridgehead atoms. The lowest BCUT2D eigenvalue weighted by Crippen LogP contribution is -2.35. The third kappa shape index (κ3) is 6.10. The van der Waals surface area contributed by atoms with E-state index in [-0.39, 0.29) is 5.54 Å². The van der Waals surface area contributed by atoms with Crippen LogP contribution in [0, 0.1) is 5.92 Å². The summed E-state index contributed by atoms with van der Waals surface area (Å²) in [5.74, 6) is 1.61. The molecule has 0 fully saturated rings. The fourth-order valence-corrected chi connectivity index (χ4v) is 2.05. The Balaban J connectivity index is 2.66. The van der Waals surface area contributed by atoms with Crippen LogP contribution in [0.1, 0.15) is 53.2 Å². The summed E-state index contributed by atoms with van der Waals surface area (Å²) in [6, 6.07) is 3.87. The molecule has 0 radical (unpaired) electrons. The number of nitrogens with zero attached hydrogens (tertiary/aromatic N) is 1. The monoisotopic (exact) mass is 297 g/mol. The van der Waals surface area contributed by atoms with E-state index in [2.05, 4.69) is 50.2 Å². The molecule has 0 aliphatic heterocycles. The number of hydrogen-bond donors (Lipinski definition) is 2. The van der Waals surface area contributed by atoms with Gasteiger partial charge in [0.15, 0.2) is 0 Å². The van der Waals surface area contributed by atoms with Crippen LogP contribution in [0.2, 0.25) is 5.02 Å². The Morgan fingerprint density at radius 3 is 2.40 bits per heavy atom. The van der Waals surface area contributed by atoms with Crippen molar-refractivity contribution in [2.24, 2.45) is 5.92 Å². The molecule has 1 rings (SSSR count). The lowest BCUT2D eigenvalue weighted by atomic mass is 10.0. The second-order valence-corrected chi connectivity index (χ2v) is 6.70. The van der Waals surface area contributed by atoms with Gasteiger partial charge in [0, 0.05) is 18.6 Å². The molecule has 1 heterocycles. The number of aromatic nitrogens is 1. The van der Waals surface area contributed by atoms with Gasteiger partial charge in [0.25, 0.3) is 0 Å². The quantitative estimate of drug-likeness (QED) is 0.779. The second kappa shape index (κ2) is 7.84. The fraction of sp³-hybridized carbons (Fsp3) is 0.688. The highest BCUT2D eigenvalue weighted by atomic mass is 35.5. The molecule has 0 aliphatic rings. The van der Waals surface area contributed by atoms with E-state index in [4.69, 9.17) is 11.6 Å². The van der Waals surface area contributed by atoms with Gasteiger partial charge in [-0.25, -0.2) is 4.98 Å². The highest BCUT2D eigenvalue weighted by Crippen LogP contribution is 2.18. The SMILES string of the molecule is CCC(CC)CNc1ccc(Cl)c(CNC(C)(C)C)n1. The number of pyridine rings is 1. The van der Waals surface area contributed by atoms with Gasteiger partial charge in [-0.3, -0.25) is 0 Å². The first-order valence-electron chi connectivity index (χ1n) is 7.50. The molecule has 1 aromatic heterocycles. The summed E-state index contributed by atoms with van der Waals surface area (Å²) in [5, 5.41) is 7.55. The van der Waals surface area contributed by atoms with Crippen molar-refractivity contribution in [1.29, 1.82) is 0 Å². The minimum Gasteiger partial charge on any atom is -0.370 e. The van der Waals surface area contributed by atoms with Crippen LogP contribution in [0.15, 0.2) is 12.1 Å². The smallest absolute Gasteiger partial charge is 0.126 e. The summed E-state index contributed by atoms with van der Waals surface area (Å²) in [5.41, 5.74) is 0.959. The van der Waals surface area contributed by atoms with E-state index in [1.165, 1.54) is 12.8 Å². The summed E-state index contributed by atoms with van der Waals surface area (Å²) in [7, 11) is 0. The van der Waals surface area contributed by atoms with Gasteiger partial charge in [0.1, 0.15) is 5.82 Å². The predicted octanol–water partition coefficient (Wildman–Crippen LogP) is 4.47. The van der Waals surface area contributed by atoms with Crippen molar-refractivity contribution in [3.63, 3.8) is 0 Å². The first kappa shape index (κ1) is 17.3. The highest BCUT2D eigenvalue weighted by Gasteiger charge is 2.11. The summed E-state index contributed by atoms with van der Waals surface area (Å²) in [6.45, 7) is 12.5. The van der Waals surface area contributed by atoms with E-state index < -0.39 is 0 Å². The van der Waals surface area contributed by atoms with Crippen molar-refractivity contribution in [3.05, 3.63) is 22.8 Å². The topological polar surface area (TPSA) is 37.0 Å². The van der Waals surface area contributed by atoms with E-state index in [1.54, 1.807) is 0 Å². The number of halogens is 1. The molecule has 0 unspecified atom stereocenters.